The van der Waals surface area contributed by atoms with Crippen LogP contribution in [0.2, 0.25) is 0 Å². The Morgan fingerprint density at radius 2 is 2.00 bits per heavy atom. The van der Waals surface area contributed by atoms with Crippen molar-refractivity contribution in [3.05, 3.63) is 52.9 Å². The minimum Gasteiger partial charge on any atom is -0.357 e. The molecule has 6 nitrogen and oxygen atoms in total. The summed E-state index contributed by atoms with van der Waals surface area (Å²) in [5.41, 5.74) is 0.280. The molecule has 0 saturated heterocycles. The maximum absolute atomic E-state index is 13.6. The van der Waals surface area contributed by atoms with E-state index in [1.165, 1.54) is 12.1 Å². The lowest BCUT2D eigenvalue weighted by atomic mass is 10.1. The molecule has 0 amide bonds. The highest BCUT2D eigenvalue weighted by Crippen LogP contribution is 2.14. The molecule has 0 aliphatic rings. The number of guanidine groups is 1. The Morgan fingerprint density at radius 3 is 2.70 bits per heavy atom. The van der Waals surface area contributed by atoms with Crippen molar-refractivity contribution in [2.45, 2.75) is 17.6 Å². The van der Waals surface area contributed by atoms with Crippen molar-refractivity contribution < 1.29 is 17.2 Å². The standard InChI is InChI=1S/C17H22F2N4O2S2/c1-2-20-17(21-8-7-13-12-14(18)5-6-15(13)19)22-9-10-23-27(24,25)16-4-3-11-26-16/h3-6,11-12,23H,2,7-10H2,1H3,(H2,20,21,22). The maximum atomic E-state index is 13.6. The van der Waals surface area contributed by atoms with Crippen LogP contribution in [-0.4, -0.2) is 40.6 Å². The minimum absolute atomic E-state index is 0.148. The van der Waals surface area contributed by atoms with Crippen LogP contribution in [0.1, 0.15) is 12.5 Å². The average Bonchev–Trinajstić information content (AvgIpc) is 3.17. The number of benzene rings is 1. The van der Waals surface area contributed by atoms with E-state index in [1.807, 2.05) is 6.92 Å². The Balaban J connectivity index is 1.82. The van der Waals surface area contributed by atoms with Crippen LogP contribution < -0.4 is 15.4 Å². The lowest BCUT2D eigenvalue weighted by molar-refractivity contribution is 0.582. The Morgan fingerprint density at radius 1 is 1.19 bits per heavy atom. The zero-order chi connectivity index (χ0) is 19.7. The second-order valence-corrected chi connectivity index (χ2v) is 8.44. The van der Waals surface area contributed by atoms with Crippen molar-refractivity contribution in [1.29, 1.82) is 0 Å². The van der Waals surface area contributed by atoms with E-state index in [9.17, 15) is 17.2 Å². The van der Waals surface area contributed by atoms with Gasteiger partial charge in [-0.2, -0.15) is 0 Å². The summed E-state index contributed by atoms with van der Waals surface area (Å²) in [6.07, 6.45) is 0.291. The number of thiophene rings is 1. The molecule has 148 valence electrons. The summed E-state index contributed by atoms with van der Waals surface area (Å²) in [7, 11) is -3.51. The molecule has 0 saturated carbocycles. The second kappa shape index (κ2) is 10.3. The zero-order valence-corrected chi connectivity index (χ0v) is 16.5. The van der Waals surface area contributed by atoms with Gasteiger partial charge >= 0.3 is 0 Å². The second-order valence-electron chi connectivity index (χ2n) is 5.50. The number of halogens is 2. The molecular formula is C17H22F2N4O2S2. The quantitative estimate of drug-likeness (QED) is 0.332. The summed E-state index contributed by atoms with van der Waals surface area (Å²) in [4.78, 5) is 4.27. The number of rotatable bonds is 9. The first kappa shape index (κ1) is 21.3. The van der Waals surface area contributed by atoms with Gasteiger partial charge < -0.3 is 10.6 Å². The van der Waals surface area contributed by atoms with E-state index in [0.717, 1.165) is 23.5 Å². The van der Waals surface area contributed by atoms with E-state index in [1.54, 1.807) is 11.4 Å². The Labute approximate surface area is 161 Å². The molecule has 1 aromatic carbocycles. The summed E-state index contributed by atoms with van der Waals surface area (Å²) >= 11 is 1.15. The molecule has 0 atom stereocenters. The maximum Gasteiger partial charge on any atom is 0.250 e. The van der Waals surface area contributed by atoms with Gasteiger partial charge in [0.25, 0.3) is 0 Å². The Bertz CT molecular complexity index is 856. The summed E-state index contributed by atoms with van der Waals surface area (Å²) < 4.78 is 53.5. The largest absolute Gasteiger partial charge is 0.357 e. The van der Waals surface area contributed by atoms with Gasteiger partial charge in [0.15, 0.2) is 5.96 Å². The normalized spacial score (nSPS) is 12.2. The molecule has 2 aromatic rings. The zero-order valence-electron chi connectivity index (χ0n) is 14.8. The highest BCUT2D eigenvalue weighted by Gasteiger charge is 2.13. The third kappa shape index (κ3) is 6.89. The number of nitrogens with one attached hydrogen (secondary N) is 3. The molecule has 27 heavy (non-hydrogen) atoms. The van der Waals surface area contributed by atoms with Gasteiger partial charge in [0.05, 0.1) is 6.54 Å². The SMILES string of the molecule is CCNC(=NCCNS(=O)(=O)c1cccs1)NCCc1cc(F)ccc1F. The van der Waals surface area contributed by atoms with Gasteiger partial charge in [-0.1, -0.05) is 6.07 Å². The lowest BCUT2D eigenvalue weighted by Crippen LogP contribution is -2.39. The van der Waals surface area contributed by atoms with Crippen molar-refractivity contribution in [3.63, 3.8) is 0 Å². The summed E-state index contributed by atoms with van der Waals surface area (Å²) in [6, 6.07) is 6.55. The molecule has 0 bridgehead atoms. The number of nitrogens with zero attached hydrogens (tertiary/aromatic N) is 1. The molecule has 3 N–H and O–H groups in total. The van der Waals surface area contributed by atoms with Crippen LogP contribution in [0.25, 0.3) is 0 Å². The molecule has 0 radical (unpaired) electrons. The topological polar surface area (TPSA) is 82.6 Å². The van der Waals surface area contributed by atoms with Gasteiger partial charge in [0, 0.05) is 19.6 Å². The molecular weight excluding hydrogens is 394 g/mol. The molecule has 0 aliphatic heterocycles. The Kier molecular flexibility index (Phi) is 8.14. The third-order valence-corrected chi connectivity index (χ3v) is 6.33. The molecule has 10 heteroatoms. The van der Waals surface area contributed by atoms with Crippen molar-refractivity contribution >= 4 is 27.3 Å². The number of hydrogen-bond donors (Lipinski definition) is 3. The monoisotopic (exact) mass is 416 g/mol. The van der Waals surface area contributed by atoms with Crippen molar-refractivity contribution in [2.24, 2.45) is 4.99 Å². The fourth-order valence-electron chi connectivity index (χ4n) is 2.23. The number of hydrogen-bond acceptors (Lipinski definition) is 4. The van der Waals surface area contributed by atoms with Crippen LogP contribution in [0, 0.1) is 11.6 Å². The minimum atomic E-state index is -3.51. The van der Waals surface area contributed by atoms with Crippen LogP contribution in [0.5, 0.6) is 0 Å². The van der Waals surface area contributed by atoms with Crippen LogP contribution in [0.15, 0.2) is 44.9 Å². The number of aliphatic imine (C=N–C) groups is 1. The third-order valence-electron chi connectivity index (χ3n) is 3.47. The van der Waals surface area contributed by atoms with E-state index >= 15 is 0 Å². The smallest absolute Gasteiger partial charge is 0.250 e. The Hall–Kier alpha value is -2.04. The van der Waals surface area contributed by atoms with Crippen LogP contribution in [0.4, 0.5) is 8.78 Å². The first-order valence-electron chi connectivity index (χ1n) is 8.41. The van der Waals surface area contributed by atoms with Crippen LogP contribution in [-0.2, 0) is 16.4 Å². The summed E-state index contributed by atoms with van der Waals surface area (Å²) in [5, 5.41) is 7.73. The van der Waals surface area contributed by atoms with E-state index in [0.29, 0.717) is 25.5 Å². The van der Waals surface area contributed by atoms with Gasteiger partial charge in [0.1, 0.15) is 15.8 Å². The van der Waals surface area contributed by atoms with Gasteiger partial charge in [0.2, 0.25) is 10.0 Å². The molecule has 1 heterocycles. The fourth-order valence-corrected chi connectivity index (χ4v) is 4.29. The number of sulfonamides is 1. The van der Waals surface area contributed by atoms with Gasteiger partial charge in [-0.15, -0.1) is 11.3 Å². The predicted octanol–water partition coefficient (Wildman–Crippen LogP) is 2.10. The van der Waals surface area contributed by atoms with E-state index in [4.69, 9.17) is 0 Å². The van der Waals surface area contributed by atoms with Gasteiger partial charge in [-0.25, -0.2) is 21.9 Å². The van der Waals surface area contributed by atoms with E-state index in [-0.39, 0.29) is 22.9 Å². The highest BCUT2D eigenvalue weighted by atomic mass is 32.2. The highest BCUT2D eigenvalue weighted by molar-refractivity contribution is 7.91. The molecule has 0 fully saturated rings. The summed E-state index contributed by atoms with van der Waals surface area (Å²) in [5.74, 6) is -0.460. The first-order valence-corrected chi connectivity index (χ1v) is 10.8. The molecule has 0 aliphatic carbocycles. The molecule has 2 rings (SSSR count). The first-order chi connectivity index (χ1) is 12.9. The molecule has 0 spiro atoms. The fraction of sp³-hybridized carbons (Fsp3) is 0.353. The van der Waals surface area contributed by atoms with Crippen molar-refractivity contribution in [1.82, 2.24) is 15.4 Å². The van der Waals surface area contributed by atoms with E-state index < -0.39 is 21.7 Å². The van der Waals surface area contributed by atoms with Gasteiger partial charge in [-0.05, 0) is 48.6 Å². The van der Waals surface area contributed by atoms with Crippen LogP contribution >= 0.6 is 11.3 Å². The van der Waals surface area contributed by atoms with Crippen molar-refractivity contribution in [2.75, 3.05) is 26.2 Å². The van der Waals surface area contributed by atoms with Crippen LogP contribution in [0.3, 0.4) is 0 Å². The summed E-state index contributed by atoms with van der Waals surface area (Å²) in [6.45, 7) is 3.24. The van der Waals surface area contributed by atoms with Crippen molar-refractivity contribution in [3.8, 4) is 0 Å². The average molecular weight is 417 g/mol. The predicted molar refractivity (Wildman–Crippen MR) is 104 cm³/mol. The lowest BCUT2D eigenvalue weighted by Gasteiger charge is -2.12. The molecule has 1 aromatic heterocycles. The van der Waals surface area contributed by atoms with Gasteiger partial charge in [-0.3, -0.25) is 4.99 Å². The molecule has 0 unspecified atom stereocenters. The van der Waals surface area contributed by atoms with E-state index in [2.05, 4.69) is 20.3 Å².